The van der Waals surface area contributed by atoms with Crippen LogP contribution in [0, 0.1) is 11.8 Å². The SMILES string of the molecule is O=C(c1ccc(C#CC2(O)CCCCC2)cc1)N1CCN(C/C=C/c2ccccc2)CC1. The highest BCUT2D eigenvalue weighted by atomic mass is 16.3. The first-order chi connectivity index (χ1) is 15.6. The number of hydrogen-bond donors (Lipinski definition) is 1. The summed E-state index contributed by atoms with van der Waals surface area (Å²) in [5.41, 5.74) is 1.91. The van der Waals surface area contributed by atoms with Crippen molar-refractivity contribution in [3.05, 3.63) is 77.4 Å². The lowest BCUT2D eigenvalue weighted by Gasteiger charge is -2.34. The van der Waals surface area contributed by atoms with E-state index in [1.54, 1.807) is 0 Å². The van der Waals surface area contributed by atoms with Gasteiger partial charge in [0.1, 0.15) is 5.60 Å². The third-order valence-electron chi connectivity index (χ3n) is 6.39. The number of nitrogens with zero attached hydrogens (tertiary/aromatic N) is 2. The van der Waals surface area contributed by atoms with Gasteiger partial charge in [-0.3, -0.25) is 9.69 Å². The van der Waals surface area contributed by atoms with Crippen molar-refractivity contribution < 1.29 is 9.90 Å². The zero-order valence-corrected chi connectivity index (χ0v) is 18.7. The van der Waals surface area contributed by atoms with Gasteiger partial charge in [0.05, 0.1) is 0 Å². The molecule has 0 unspecified atom stereocenters. The Morgan fingerprint density at radius 3 is 2.31 bits per heavy atom. The van der Waals surface area contributed by atoms with E-state index in [1.165, 1.54) is 12.0 Å². The summed E-state index contributed by atoms with van der Waals surface area (Å²) in [4.78, 5) is 17.2. The third-order valence-corrected chi connectivity index (χ3v) is 6.39. The third kappa shape index (κ3) is 6.09. The molecule has 1 amide bonds. The lowest BCUT2D eigenvalue weighted by Crippen LogP contribution is -2.48. The van der Waals surface area contributed by atoms with Crippen LogP contribution in [-0.4, -0.2) is 59.1 Å². The number of amides is 1. The smallest absolute Gasteiger partial charge is 0.253 e. The Balaban J connectivity index is 1.26. The first-order valence-electron chi connectivity index (χ1n) is 11.7. The fraction of sp³-hybridized carbons (Fsp3) is 0.393. The summed E-state index contributed by atoms with van der Waals surface area (Å²) in [7, 11) is 0. The molecule has 1 saturated heterocycles. The highest BCUT2D eigenvalue weighted by Gasteiger charge is 2.26. The Labute approximate surface area is 191 Å². The van der Waals surface area contributed by atoms with E-state index in [-0.39, 0.29) is 5.91 Å². The van der Waals surface area contributed by atoms with Gasteiger partial charge in [-0.2, -0.15) is 0 Å². The second-order valence-corrected chi connectivity index (χ2v) is 8.83. The number of piperazine rings is 1. The van der Waals surface area contributed by atoms with Gasteiger partial charge in [0.15, 0.2) is 0 Å². The lowest BCUT2D eigenvalue weighted by molar-refractivity contribution is 0.0609. The Morgan fingerprint density at radius 1 is 0.938 bits per heavy atom. The average Bonchev–Trinajstić information content (AvgIpc) is 2.84. The summed E-state index contributed by atoms with van der Waals surface area (Å²) in [6, 6.07) is 17.8. The molecular weight excluding hydrogens is 396 g/mol. The molecule has 1 N–H and O–H groups in total. The predicted molar refractivity (Wildman–Crippen MR) is 129 cm³/mol. The van der Waals surface area contributed by atoms with Crippen molar-refractivity contribution in [2.45, 2.75) is 37.7 Å². The number of carbonyl (C=O) groups excluding carboxylic acids is 1. The van der Waals surface area contributed by atoms with Gasteiger partial charge in [0.25, 0.3) is 5.91 Å². The van der Waals surface area contributed by atoms with Gasteiger partial charge in [-0.15, -0.1) is 0 Å². The first kappa shape index (κ1) is 22.3. The molecule has 0 spiro atoms. The van der Waals surface area contributed by atoms with Gasteiger partial charge in [-0.25, -0.2) is 0 Å². The van der Waals surface area contributed by atoms with Crippen molar-refractivity contribution in [3.8, 4) is 11.8 Å². The molecule has 0 atom stereocenters. The average molecular weight is 429 g/mol. The molecule has 1 aliphatic heterocycles. The maximum Gasteiger partial charge on any atom is 0.253 e. The molecule has 0 radical (unpaired) electrons. The van der Waals surface area contributed by atoms with Crippen LogP contribution in [0.25, 0.3) is 6.08 Å². The van der Waals surface area contributed by atoms with Gasteiger partial charge >= 0.3 is 0 Å². The van der Waals surface area contributed by atoms with E-state index >= 15 is 0 Å². The van der Waals surface area contributed by atoms with Crippen LogP contribution in [0.2, 0.25) is 0 Å². The van der Waals surface area contributed by atoms with Gasteiger partial charge in [-0.1, -0.05) is 60.7 Å². The molecule has 2 aliphatic rings. The van der Waals surface area contributed by atoms with Crippen LogP contribution in [0.1, 0.15) is 53.6 Å². The van der Waals surface area contributed by atoms with Gasteiger partial charge in [0, 0.05) is 43.9 Å². The summed E-state index contributed by atoms with van der Waals surface area (Å²) in [6.07, 6.45) is 9.10. The number of benzene rings is 2. The molecule has 4 nitrogen and oxygen atoms in total. The van der Waals surface area contributed by atoms with Crippen molar-refractivity contribution in [1.82, 2.24) is 9.80 Å². The number of aliphatic hydroxyl groups is 1. The van der Waals surface area contributed by atoms with Crippen LogP contribution in [0.4, 0.5) is 0 Å². The van der Waals surface area contributed by atoms with Crippen LogP contribution in [0.5, 0.6) is 0 Å². The molecule has 2 fully saturated rings. The summed E-state index contributed by atoms with van der Waals surface area (Å²) in [5.74, 6) is 6.24. The fourth-order valence-corrected chi connectivity index (χ4v) is 4.36. The van der Waals surface area contributed by atoms with Crippen molar-refractivity contribution >= 4 is 12.0 Å². The zero-order chi connectivity index (χ0) is 22.2. The van der Waals surface area contributed by atoms with E-state index in [1.807, 2.05) is 47.4 Å². The molecular formula is C28H32N2O2. The Bertz CT molecular complexity index is 972. The lowest BCUT2D eigenvalue weighted by atomic mass is 9.85. The van der Waals surface area contributed by atoms with Crippen molar-refractivity contribution in [1.29, 1.82) is 0 Å². The van der Waals surface area contributed by atoms with E-state index in [9.17, 15) is 9.90 Å². The second kappa shape index (κ2) is 10.6. The molecule has 1 heterocycles. The van der Waals surface area contributed by atoms with E-state index in [0.717, 1.165) is 64.0 Å². The Morgan fingerprint density at radius 2 is 1.62 bits per heavy atom. The zero-order valence-electron chi connectivity index (χ0n) is 18.7. The van der Waals surface area contributed by atoms with Crippen LogP contribution >= 0.6 is 0 Å². The minimum Gasteiger partial charge on any atom is -0.378 e. The van der Waals surface area contributed by atoms with Gasteiger partial charge in [-0.05, 0) is 55.5 Å². The highest BCUT2D eigenvalue weighted by Crippen LogP contribution is 2.27. The molecule has 4 heteroatoms. The van der Waals surface area contributed by atoms with Crippen LogP contribution in [0.15, 0.2) is 60.7 Å². The largest absolute Gasteiger partial charge is 0.378 e. The van der Waals surface area contributed by atoms with E-state index < -0.39 is 5.60 Å². The fourth-order valence-electron chi connectivity index (χ4n) is 4.36. The summed E-state index contributed by atoms with van der Waals surface area (Å²) in [6.45, 7) is 4.15. The standard InChI is InChI=1S/C28H32N2O2/c31-27(26-13-11-25(12-14-26)15-18-28(32)16-5-2-6-17-28)30-22-20-29(21-23-30)19-7-10-24-8-3-1-4-9-24/h1,3-4,7-14,32H,2,5-6,16-17,19-23H2/b10-7+. The maximum atomic E-state index is 12.9. The van der Waals surface area contributed by atoms with Crippen LogP contribution < -0.4 is 0 Å². The molecule has 0 aromatic heterocycles. The Hall–Kier alpha value is -2.87. The minimum absolute atomic E-state index is 0.0786. The first-order valence-corrected chi connectivity index (χ1v) is 11.7. The predicted octanol–water partition coefficient (Wildman–Crippen LogP) is 4.20. The molecule has 1 saturated carbocycles. The molecule has 32 heavy (non-hydrogen) atoms. The van der Waals surface area contributed by atoms with Crippen molar-refractivity contribution in [2.75, 3.05) is 32.7 Å². The summed E-state index contributed by atoms with van der Waals surface area (Å²) < 4.78 is 0. The number of hydrogen-bond acceptors (Lipinski definition) is 3. The van der Waals surface area contributed by atoms with E-state index in [0.29, 0.717) is 5.56 Å². The highest BCUT2D eigenvalue weighted by molar-refractivity contribution is 5.94. The topological polar surface area (TPSA) is 43.8 Å². The number of rotatable bonds is 4. The number of carbonyl (C=O) groups is 1. The molecule has 4 rings (SSSR count). The molecule has 0 bridgehead atoms. The molecule has 1 aliphatic carbocycles. The normalized spacial score (nSPS) is 18.8. The summed E-state index contributed by atoms with van der Waals surface area (Å²) in [5, 5.41) is 10.5. The van der Waals surface area contributed by atoms with Gasteiger partial charge in [0.2, 0.25) is 0 Å². The second-order valence-electron chi connectivity index (χ2n) is 8.83. The van der Waals surface area contributed by atoms with Crippen molar-refractivity contribution in [3.63, 3.8) is 0 Å². The Kier molecular flexibility index (Phi) is 7.42. The van der Waals surface area contributed by atoms with Crippen LogP contribution in [-0.2, 0) is 0 Å². The van der Waals surface area contributed by atoms with E-state index in [2.05, 4.69) is 41.0 Å². The van der Waals surface area contributed by atoms with Crippen LogP contribution in [0.3, 0.4) is 0 Å². The molecule has 2 aromatic rings. The maximum absolute atomic E-state index is 12.9. The van der Waals surface area contributed by atoms with E-state index in [4.69, 9.17) is 0 Å². The molecule has 2 aromatic carbocycles. The van der Waals surface area contributed by atoms with Crippen molar-refractivity contribution in [2.24, 2.45) is 0 Å². The van der Waals surface area contributed by atoms with Gasteiger partial charge < -0.3 is 10.0 Å². The molecule has 166 valence electrons. The monoisotopic (exact) mass is 428 g/mol. The summed E-state index contributed by atoms with van der Waals surface area (Å²) >= 11 is 0. The quantitative estimate of drug-likeness (QED) is 0.742. The minimum atomic E-state index is -0.845.